The maximum absolute atomic E-state index is 13.2. The minimum atomic E-state index is -3.76. The van der Waals surface area contributed by atoms with Gasteiger partial charge in [0.25, 0.3) is 0 Å². The lowest BCUT2D eigenvalue weighted by molar-refractivity contribution is -0.132. The van der Waals surface area contributed by atoms with E-state index < -0.39 is 10.0 Å². The van der Waals surface area contributed by atoms with Crippen LogP contribution in [0.4, 0.5) is 0 Å². The fourth-order valence-electron chi connectivity index (χ4n) is 3.18. The summed E-state index contributed by atoms with van der Waals surface area (Å²) in [6, 6.07) is 10.5. The van der Waals surface area contributed by atoms with Gasteiger partial charge in [-0.05, 0) is 48.7 Å². The summed E-state index contributed by atoms with van der Waals surface area (Å²) < 4.78 is 30.6. The quantitative estimate of drug-likeness (QED) is 0.465. The third-order valence-corrected chi connectivity index (χ3v) is 7.25. The molecule has 8 heteroatoms. The predicted octanol–water partition coefficient (Wildman–Crippen LogP) is 4.26. The van der Waals surface area contributed by atoms with Crippen molar-refractivity contribution in [3.05, 3.63) is 52.8 Å². The first-order valence-corrected chi connectivity index (χ1v) is 12.5. The fourth-order valence-corrected chi connectivity index (χ4v) is 4.87. The Labute approximate surface area is 189 Å². The molecule has 30 heavy (non-hydrogen) atoms. The summed E-state index contributed by atoms with van der Waals surface area (Å²) in [5.74, 6) is 0.100. The number of hydrogen-bond donors (Lipinski definition) is 0. The van der Waals surface area contributed by atoms with Crippen LogP contribution in [-0.4, -0.2) is 47.7 Å². The maximum atomic E-state index is 13.2. The first-order chi connectivity index (χ1) is 14.1. The number of halogens is 1. The fraction of sp³-hybridized carbons (Fsp3) is 0.500. The monoisotopic (exact) mass is 497 g/mol. The van der Waals surface area contributed by atoms with Crippen LogP contribution >= 0.6 is 15.9 Å². The highest BCUT2D eigenvalue weighted by Gasteiger charge is 2.28. The minimum absolute atomic E-state index is 0.157. The second kappa shape index (κ2) is 11.1. The number of carbonyl (C=O) groups is 1. The molecule has 2 aromatic rings. The molecule has 0 aliphatic rings. The van der Waals surface area contributed by atoms with E-state index in [4.69, 9.17) is 0 Å². The van der Waals surface area contributed by atoms with Gasteiger partial charge in [-0.3, -0.25) is 4.79 Å². The SMILES string of the molecule is CCCCN(CC(=O)N(Cc1cccn1C)CC(C)C)S(=O)(=O)c1ccc(Br)cc1. The Hall–Kier alpha value is -1.64. The molecule has 1 aromatic carbocycles. The van der Waals surface area contributed by atoms with Crippen molar-refractivity contribution in [3.63, 3.8) is 0 Å². The smallest absolute Gasteiger partial charge is 0.243 e. The normalized spacial score (nSPS) is 12.0. The van der Waals surface area contributed by atoms with Gasteiger partial charge in [0.2, 0.25) is 15.9 Å². The first-order valence-electron chi connectivity index (χ1n) is 10.3. The van der Waals surface area contributed by atoms with Crippen LogP contribution < -0.4 is 0 Å². The molecule has 0 unspecified atom stereocenters. The van der Waals surface area contributed by atoms with Crippen molar-refractivity contribution in [2.24, 2.45) is 13.0 Å². The van der Waals surface area contributed by atoms with Crippen molar-refractivity contribution in [1.29, 1.82) is 0 Å². The van der Waals surface area contributed by atoms with Crippen molar-refractivity contribution < 1.29 is 13.2 Å². The second-order valence-corrected chi connectivity index (χ2v) is 10.8. The first kappa shape index (κ1) is 24.6. The lowest BCUT2D eigenvalue weighted by Crippen LogP contribution is -2.44. The average Bonchev–Trinajstić information content (AvgIpc) is 3.08. The number of aromatic nitrogens is 1. The number of benzene rings is 1. The van der Waals surface area contributed by atoms with Gasteiger partial charge in [-0.25, -0.2) is 8.42 Å². The van der Waals surface area contributed by atoms with Crippen molar-refractivity contribution in [1.82, 2.24) is 13.8 Å². The molecule has 6 nitrogen and oxygen atoms in total. The van der Waals surface area contributed by atoms with Gasteiger partial charge in [0.1, 0.15) is 0 Å². The van der Waals surface area contributed by atoms with Crippen molar-refractivity contribution in [2.75, 3.05) is 19.6 Å². The van der Waals surface area contributed by atoms with Gasteiger partial charge >= 0.3 is 0 Å². The summed E-state index contributed by atoms with van der Waals surface area (Å²) in [7, 11) is -1.81. The van der Waals surface area contributed by atoms with E-state index in [9.17, 15) is 13.2 Å². The summed E-state index contributed by atoms with van der Waals surface area (Å²) in [5.41, 5.74) is 1.01. The molecule has 166 valence electrons. The van der Waals surface area contributed by atoms with E-state index in [1.54, 1.807) is 29.2 Å². The highest BCUT2D eigenvalue weighted by atomic mass is 79.9. The molecule has 1 aromatic heterocycles. The molecule has 2 rings (SSSR count). The van der Waals surface area contributed by atoms with Gasteiger partial charge in [-0.1, -0.05) is 43.1 Å². The highest BCUT2D eigenvalue weighted by molar-refractivity contribution is 9.10. The molecule has 0 N–H and O–H groups in total. The summed E-state index contributed by atoms with van der Waals surface area (Å²) in [5, 5.41) is 0. The Morgan fingerprint density at radius 2 is 1.83 bits per heavy atom. The van der Waals surface area contributed by atoms with Gasteiger partial charge in [0, 0.05) is 36.5 Å². The minimum Gasteiger partial charge on any atom is -0.353 e. The van der Waals surface area contributed by atoms with E-state index in [1.807, 2.05) is 36.9 Å². The van der Waals surface area contributed by atoms with Crippen molar-refractivity contribution in [3.8, 4) is 0 Å². The van der Waals surface area contributed by atoms with Gasteiger partial charge in [-0.2, -0.15) is 4.31 Å². The Kier molecular flexibility index (Phi) is 9.12. The van der Waals surface area contributed by atoms with Crippen LogP contribution in [0.25, 0.3) is 0 Å². The number of nitrogens with zero attached hydrogens (tertiary/aromatic N) is 3. The number of amides is 1. The number of sulfonamides is 1. The molecule has 0 aliphatic carbocycles. The summed E-state index contributed by atoms with van der Waals surface area (Å²) >= 11 is 3.34. The van der Waals surface area contributed by atoms with Crippen LogP contribution in [0.3, 0.4) is 0 Å². The zero-order valence-corrected chi connectivity index (χ0v) is 20.6. The van der Waals surface area contributed by atoms with Crippen LogP contribution in [0, 0.1) is 5.92 Å². The molecule has 0 atom stereocenters. The molecule has 0 saturated heterocycles. The molecule has 0 bridgehead atoms. The highest BCUT2D eigenvalue weighted by Crippen LogP contribution is 2.20. The van der Waals surface area contributed by atoms with Crippen LogP contribution in [0.1, 0.15) is 39.3 Å². The van der Waals surface area contributed by atoms with Crippen LogP contribution in [0.5, 0.6) is 0 Å². The standard InChI is InChI=1S/C22H32BrN3O3S/c1-5-6-14-26(30(28,29)21-11-9-19(23)10-12-21)17-22(27)25(15-18(2)3)16-20-8-7-13-24(20)4/h7-13,18H,5-6,14-17H2,1-4H3. The molecular formula is C22H32BrN3O3S. The Morgan fingerprint density at radius 1 is 1.17 bits per heavy atom. The number of unbranched alkanes of at least 4 members (excludes halogenated alkanes) is 1. The van der Waals surface area contributed by atoms with Crippen LogP contribution in [0.15, 0.2) is 52.0 Å². The maximum Gasteiger partial charge on any atom is 0.243 e. The molecule has 0 radical (unpaired) electrons. The number of hydrogen-bond acceptors (Lipinski definition) is 3. The van der Waals surface area contributed by atoms with E-state index in [0.717, 1.165) is 16.6 Å². The van der Waals surface area contributed by atoms with Gasteiger partial charge < -0.3 is 9.47 Å². The zero-order valence-electron chi connectivity index (χ0n) is 18.2. The van der Waals surface area contributed by atoms with E-state index in [1.165, 1.54) is 4.31 Å². The molecule has 1 amide bonds. The molecule has 1 heterocycles. The topological polar surface area (TPSA) is 62.6 Å². The molecule has 0 saturated carbocycles. The molecular weight excluding hydrogens is 466 g/mol. The van der Waals surface area contributed by atoms with Gasteiger partial charge in [0.15, 0.2) is 0 Å². The Morgan fingerprint density at radius 3 is 2.37 bits per heavy atom. The molecule has 0 spiro atoms. The Bertz CT molecular complexity index is 923. The summed E-state index contributed by atoms with van der Waals surface area (Å²) in [4.78, 5) is 15.2. The number of rotatable bonds is 11. The largest absolute Gasteiger partial charge is 0.353 e. The average molecular weight is 498 g/mol. The summed E-state index contributed by atoms with van der Waals surface area (Å²) in [6.45, 7) is 7.31. The third kappa shape index (κ3) is 6.68. The van der Waals surface area contributed by atoms with E-state index >= 15 is 0 Å². The van der Waals surface area contributed by atoms with Crippen molar-refractivity contribution in [2.45, 2.75) is 45.1 Å². The lowest BCUT2D eigenvalue weighted by Gasteiger charge is -2.28. The van der Waals surface area contributed by atoms with Crippen LogP contribution in [-0.2, 0) is 28.4 Å². The van der Waals surface area contributed by atoms with Gasteiger partial charge in [0.05, 0.1) is 18.0 Å². The van der Waals surface area contributed by atoms with Gasteiger partial charge in [-0.15, -0.1) is 0 Å². The number of aryl methyl sites for hydroxylation is 1. The Balaban J connectivity index is 2.26. The zero-order chi connectivity index (χ0) is 22.3. The molecule has 0 aliphatic heterocycles. The lowest BCUT2D eigenvalue weighted by atomic mass is 10.2. The summed E-state index contributed by atoms with van der Waals surface area (Å²) in [6.07, 6.45) is 3.49. The predicted molar refractivity (Wildman–Crippen MR) is 123 cm³/mol. The van der Waals surface area contributed by atoms with Crippen LogP contribution in [0.2, 0.25) is 0 Å². The van der Waals surface area contributed by atoms with E-state index in [2.05, 4.69) is 29.8 Å². The second-order valence-electron chi connectivity index (χ2n) is 7.92. The number of carbonyl (C=O) groups excluding carboxylic acids is 1. The van der Waals surface area contributed by atoms with E-state index in [0.29, 0.717) is 26.1 Å². The molecule has 0 fully saturated rings. The van der Waals surface area contributed by atoms with E-state index in [-0.39, 0.29) is 23.3 Å². The third-order valence-electron chi connectivity index (χ3n) is 4.87. The van der Waals surface area contributed by atoms with Crippen molar-refractivity contribution >= 4 is 31.9 Å².